The fraction of sp³-hybridized carbons (Fsp3) is 0.289. The van der Waals surface area contributed by atoms with Gasteiger partial charge in [-0.05, 0) is 66.3 Å². The second-order valence-electron chi connectivity index (χ2n) is 12.5. The molecule has 9 heteroatoms. The zero-order chi connectivity index (χ0) is 32.9. The van der Waals surface area contributed by atoms with E-state index in [0.29, 0.717) is 29.1 Å². The summed E-state index contributed by atoms with van der Waals surface area (Å²) in [5.41, 5.74) is 2.22. The van der Waals surface area contributed by atoms with Gasteiger partial charge >= 0.3 is 0 Å². The van der Waals surface area contributed by atoms with Crippen LogP contribution >= 0.6 is 0 Å². The number of benzene rings is 4. The first-order chi connectivity index (χ1) is 22.8. The van der Waals surface area contributed by atoms with Gasteiger partial charge in [0, 0.05) is 35.5 Å². The molecule has 4 aromatic carbocycles. The van der Waals surface area contributed by atoms with E-state index in [1.54, 1.807) is 52.0 Å². The third-order valence-electron chi connectivity index (χ3n) is 9.85. The van der Waals surface area contributed by atoms with Crippen molar-refractivity contribution in [2.75, 3.05) is 30.1 Å². The van der Waals surface area contributed by atoms with Gasteiger partial charge in [-0.3, -0.25) is 19.3 Å². The number of rotatable bonds is 9. The molecule has 3 aliphatic rings. The van der Waals surface area contributed by atoms with E-state index in [1.807, 2.05) is 60.7 Å². The van der Waals surface area contributed by atoms with Crippen molar-refractivity contribution in [3.05, 3.63) is 108 Å². The summed E-state index contributed by atoms with van der Waals surface area (Å²) in [6.45, 7) is 2.53. The van der Waals surface area contributed by atoms with Crippen molar-refractivity contribution in [1.29, 1.82) is 0 Å². The molecule has 0 unspecified atom stereocenters. The Kier molecular flexibility index (Phi) is 7.82. The third-order valence-corrected chi connectivity index (χ3v) is 9.85. The number of likely N-dealkylation sites (tertiary alicyclic amines) is 1. The molecule has 47 heavy (non-hydrogen) atoms. The number of hydrogen-bond donors (Lipinski definition) is 2. The predicted molar refractivity (Wildman–Crippen MR) is 180 cm³/mol. The summed E-state index contributed by atoms with van der Waals surface area (Å²) in [5, 5.41) is 23.7. The predicted octanol–water partition coefficient (Wildman–Crippen LogP) is 5.44. The Hall–Kier alpha value is -4.99. The highest BCUT2D eigenvalue weighted by Crippen LogP contribution is 2.47. The smallest absolute Gasteiger partial charge is 0.264 e. The summed E-state index contributed by atoms with van der Waals surface area (Å²) >= 11 is 0. The lowest BCUT2D eigenvalue weighted by Crippen LogP contribution is -2.44. The molecule has 2 N–H and O–H groups in total. The molecule has 3 heterocycles. The molecule has 240 valence electrons. The quantitative estimate of drug-likeness (QED) is 0.238. The minimum Gasteiger partial charge on any atom is -0.497 e. The Bertz CT molecular complexity index is 1920. The number of aliphatic hydroxyl groups excluding tert-OH is 1. The SMILES string of the molecule is COc1ccc2c(c1)[C@@](O)([C@H](C)/C=C/CC(=O)N1CCC[C@H]1CO)C(=O)N2Cc1ccc(N2C(=O)c3cccc4cccc2c34)cc1. The highest BCUT2D eigenvalue weighted by molar-refractivity contribution is 6.27. The first kappa shape index (κ1) is 30.7. The lowest BCUT2D eigenvalue weighted by molar-refractivity contribution is -0.139. The zero-order valence-electron chi connectivity index (χ0n) is 26.4. The summed E-state index contributed by atoms with van der Waals surface area (Å²) in [6, 6.07) is 24.3. The van der Waals surface area contributed by atoms with E-state index in [-0.39, 0.29) is 37.4 Å². The monoisotopic (exact) mass is 631 g/mol. The Morgan fingerprint density at radius 3 is 2.55 bits per heavy atom. The Balaban J connectivity index is 1.12. The molecule has 9 nitrogen and oxygen atoms in total. The first-order valence-electron chi connectivity index (χ1n) is 16.0. The summed E-state index contributed by atoms with van der Waals surface area (Å²) in [5.74, 6) is -0.769. The Morgan fingerprint density at radius 1 is 1.04 bits per heavy atom. The van der Waals surface area contributed by atoms with Gasteiger partial charge in [0.1, 0.15) is 5.75 Å². The summed E-state index contributed by atoms with van der Waals surface area (Å²) in [6.07, 6.45) is 5.18. The van der Waals surface area contributed by atoms with E-state index >= 15 is 0 Å². The molecule has 1 fully saturated rings. The number of ether oxygens (including phenoxy) is 1. The zero-order valence-corrected chi connectivity index (χ0v) is 26.4. The van der Waals surface area contributed by atoms with Crippen LogP contribution in [0.15, 0.2) is 91.0 Å². The van der Waals surface area contributed by atoms with Crippen LogP contribution in [0.3, 0.4) is 0 Å². The molecular formula is C38H37N3O6. The minimum atomic E-state index is -1.88. The van der Waals surface area contributed by atoms with Crippen molar-refractivity contribution < 1.29 is 29.3 Å². The van der Waals surface area contributed by atoms with Gasteiger partial charge in [0.05, 0.1) is 43.2 Å². The van der Waals surface area contributed by atoms with Crippen LogP contribution in [0, 0.1) is 5.92 Å². The molecule has 3 aliphatic heterocycles. The van der Waals surface area contributed by atoms with Gasteiger partial charge in [0.25, 0.3) is 11.8 Å². The molecule has 0 spiro atoms. The number of anilines is 3. The van der Waals surface area contributed by atoms with Crippen LogP contribution in [0.5, 0.6) is 5.75 Å². The van der Waals surface area contributed by atoms with Gasteiger partial charge in [-0.2, -0.15) is 0 Å². The minimum absolute atomic E-state index is 0.0571. The number of carbonyl (C=O) groups excluding carboxylic acids is 3. The van der Waals surface area contributed by atoms with Crippen LogP contribution < -0.4 is 14.5 Å². The molecule has 1 saturated heterocycles. The molecular weight excluding hydrogens is 594 g/mol. The van der Waals surface area contributed by atoms with Crippen molar-refractivity contribution >= 4 is 45.6 Å². The molecule has 3 amide bonds. The standard InChI is InChI=1S/C38H37N3O6/c1-24(7-3-13-34(43)39-20-6-10-28(39)23-42)38(46)31-21-29(47-2)18-19-32(31)40(37(38)45)22-25-14-16-27(17-15-25)41-33-12-5-9-26-8-4-11-30(35(26)33)36(41)44/h3-5,7-9,11-12,14-19,21,24,28,42,46H,6,10,13,20,22-23H2,1-2H3/b7-3+/t24-,28+,38+/m1/s1. The average Bonchev–Trinajstić information content (AvgIpc) is 3.75. The highest BCUT2D eigenvalue weighted by Gasteiger charge is 2.52. The summed E-state index contributed by atoms with van der Waals surface area (Å²) < 4.78 is 5.44. The van der Waals surface area contributed by atoms with E-state index in [4.69, 9.17) is 4.74 Å². The van der Waals surface area contributed by atoms with Gasteiger partial charge in [0.15, 0.2) is 5.60 Å². The Labute approximate surface area is 273 Å². The lowest BCUT2D eigenvalue weighted by Gasteiger charge is -2.28. The normalized spacial score (nSPS) is 20.9. The van der Waals surface area contributed by atoms with Crippen LogP contribution in [0.2, 0.25) is 0 Å². The van der Waals surface area contributed by atoms with Crippen molar-refractivity contribution in [3.63, 3.8) is 0 Å². The summed E-state index contributed by atoms with van der Waals surface area (Å²) in [4.78, 5) is 45.3. The Morgan fingerprint density at radius 2 is 1.81 bits per heavy atom. The van der Waals surface area contributed by atoms with Crippen molar-refractivity contribution in [2.24, 2.45) is 5.92 Å². The van der Waals surface area contributed by atoms with Gasteiger partial charge in [-0.15, -0.1) is 0 Å². The summed E-state index contributed by atoms with van der Waals surface area (Å²) in [7, 11) is 1.54. The maximum atomic E-state index is 14.1. The number of carbonyl (C=O) groups is 3. The molecule has 3 atom stereocenters. The molecule has 0 aliphatic carbocycles. The van der Waals surface area contributed by atoms with Crippen molar-refractivity contribution in [3.8, 4) is 5.75 Å². The molecule has 7 rings (SSSR count). The van der Waals surface area contributed by atoms with Crippen molar-refractivity contribution in [1.82, 2.24) is 4.90 Å². The van der Waals surface area contributed by atoms with E-state index in [2.05, 4.69) is 0 Å². The van der Waals surface area contributed by atoms with Gasteiger partial charge in [-0.1, -0.05) is 55.5 Å². The van der Waals surface area contributed by atoms with Crippen LogP contribution in [0.4, 0.5) is 17.1 Å². The highest BCUT2D eigenvalue weighted by atomic mass is 16.5. The van der Waals surface area contributed by atoms with E-state index in [0.717, 1.165) is 40.6 Å². The van der Waals surface area contributed by atoms with Gasteiger partial charge in [0.2, 0.25) is 5.91 Å². The van der Waals surface area contributed by atoms with Crippen LogP contribution in [-0.4, -0.2) is 59.1 Å². The first-order valence-corrected chi connectivity index (χ1v) is 16.0. The third kappa shape index (κ3) is 4.97. The molecule has 0 saturated carbocycles. The topological polar surface area (TPSA) is 111 Å². The molecule has 0 bridgehead atoms. The van der Waals surface area contributed by atoms with E-state index < -0.39 is 17.4 Å². The van der Waals surface area contributed by atoms with Crippen LogP contribution in [-0.2, 0) is 21.7 Å². The lowest BCUT2D eigenvalue weighted by atomic mass is 9.83. The van der Waals surface area contributed by atoms with Crippen molar-refractivity contribution in [2.45, 2.75) is 44.4 Å². The number of methoxy groups -OCH3 is 1. The van der Waals surface area contributed by atoms with Crippen LogP contribution in [0.25, 0.3) is 10.8 Å². The van der Waals surface area contributed by atoms with Gasteiger partial charge in [-0.25, -0.2) is 0 Å². The fourth-order valence-corrected chi connectivity index (χ4v) is 7.30. The van der Waals surface area contributed by atoms with Gasteiger partial charge < -0.3 is 24.7 Å². The second kappa shape index (κ2) is 12.0. The number of amides is 3. The molecule has 0 radical (unpaired) electrons. The fourth-order valence-electron chi connectivity index (χ4n) is 7.30. The average molecular weight is 632 g/mol. The molecule has 0 aromatic heterocycles. The van der Waals surface area contributed by atoms with E-state index in [9.17, 15) is 24.6 Å². The number of aliphatic hydroxyl groups is 2. The maximum absolute atomic E-state index is 14.1. The number of nitrogens with zero attached hydrogens (tertiary/aromatic N) is 3. The maximum Gasteiger partial charge on any atom is 0.264 e. The number of hydrogen-bond acceptors (Lipinski definition) is 6. The molecule has 4 aromatic rings. The van der Waals surface area contributed by atoms with Crippen LogP contribution in [0.1, 0.15) is 47.7 Å². The largest absolute Gasteiger partial charge is 0.497 e. The van der Waals surface area contributed by atoms with E-state index in [1.165, 1.54) is 7.11 Å². The second-order valence-corrected chi connectivity index (χ2v) is 12.5. The number of fused-ring (bicyclic) bond motifs is 1.